The molecule has 0 spiro atoms. The Morgan fingerprint density at radius 3 is 2.71 bits per heavy atom. The third-order valence-electron chi connectivity index (χ3n) is 7.00. The van der Waals surface area contributed by atoms with E-state index < -0.39 is 0 Å². The predicted octanol–water partition coefficient (Wildman–Crippen LogP) is 1.17. The summed E-state index contributed by atoms with van der Waals surface area (Å²) >= 11 is 0. The van der Waals surface area contributed by atoms with E-state index in [1.54, 1.807) is 10.7 Å². The maximum atomic E-state index is 9.37. The van der Waals surface area contributed by atoms with Gasteiger partial charge in [-0.3, -0.25) is 4.90 Å². The minimum Gasteiger partial charge on any atom is -0.370 e. The standard InChI is InChI=1S/C23H33N7O/c1-18-15-29(22-3-2-20(14-24)30-23(22)4-7-26-30)17-21(31-18)16-27-10-5-19(6-11-27)28-12-8-25-9-13-28/h2-4,7,18-19,21,25H,5-6,8-13,15-17H2,1H3/t18-,21+/m1/s1. The molecule has 166 valence electrons. The van der Waals surface area contributed by atoms with Crippen LogP contribution < -0.4 is 10.2 Å². The first kappa shape index (κ1) is 20.7. The molecule has 3 aliphatic heterocycles. The normalized spacial score (nSPS) is 26.9. The summed E-state index contributed by atoms with van der Waals surface area (Å²) in [5.41, 5.74) is 2.69. The average molecular weight is 424 g/mol. The second kappa shape index (κ2) is 9.13. The Morgan fingerprint density at radius 2 is 1.94 bits per heavy atom. The number of likely N-dealkylation sites (tertiary alicyclic amines) is 1. The van der Waals surface area contributed by atoms with Crippen molar-refractivity contribution in [1.29, 1.82) is 5.26 Å². The first-order valence-electron chi connectivity index (χ1n) is 11.7. The highest BCUT2D eigenvalue weighted by molar-refractivity contribution is 5.74. The van der Waals surface area contributed by atoms with Crippen LogP contribution >= 0.6 is 0 Å². The highest BCUT2D eigenvalue weighted by Crippen LogP contribution is 2.27. The van der Waals surface area contributed by atoms with Gasteiger partial charge in [0.1, 0.15) is 11.8 Å². The van der Waals surface area contributed by atoms with E-state index in [0.717, 1.165) is 63.1 Å². The van der Waals surface area contributed by atoms with Crippen molar-refractivity contribution in [3.05, 3.63) is 30.1 Å². The number of fused-ring (bicyclic) bond motifs is 1. The van der Waals surface area contributed by atoms with Gasteiger partial charge in [0, 0.05) is 51.9 Å². The highest BCUT2D eigenvalue weighted by atomic mass is 16.5. The first-order chi connectivity index (χ1) is 15.2. The lowest BCUT2D eigenvalue weighted by atomic mass is 10.0. The van der Waals surface area contributed by atoms with Gasteiger partial charge in [-0.05, 0) is 51.1 Å². The quantitative estimate of drug-likeness (QED) is 0.791. The Morgan fingerprint density at radius 1 is 1.13 bits per heavy atom. The summed E-state index contributed by atoms with van der Waals surface area (Å²) in [6.45, 7) is 11.8. The number of pyridine rings is 1. The number of nitrogens with zero attached hydrogens (tertiary/aromatic N) is 6. The fourth-order valence-electron chi connectivity index (χ4n) is 5.50. The lowest BCUT2D eigenvalue weighted by molar-refractivity contribution is -0.0378. The van der Waals surface area contributed by atoms with Crippen LogP contribution in [0.15, 0.2) is 24.4 Å². The van der Waals surface area contributed by atoms with Crippen LogP contribution in [0.4, 0.5) is 5.69 Å². The number of morpholine rings is 1. The van der Waals surface area contributed by atoms with E-state index in [1.165, 1.54) is 25.9 Å². The zero-order chi connectivity index (χ0) is 21.2. The predicted molar refractivity (Wildman–Crippen MR) is 120 cm³/mol. The third-order valence-corrected chi connectivity index (χ3v) is 7.00. The van der Waals surface area contributed by atoms with Gasteiger partial charge in [-0.15, -0.1) is 0 Å². The topological polar surface area (TPSA) is 72.1 Å². The molecule has 3 aliphatic rings. The number of piperazine rings is 1. The number of aromatic nitrogens is 2. The second-order valence-corrected chi connectivity index (χ2v) is 9.14. The summed E-state index contributed by atoms with van der Waals surface area (Å²) in [6.07, 6.45) is 4.66. The number of rotatable bonds is 4. The van der Waals surface area contributed by atoms with E-state index >= 15 is 0 Å². The summed E-state index contributed by atoms with van der Waals surface area (Å²) in [4.78, 5) is 7.67. The molecule has 31 heavy (non-hydrogen) atoms. The van der Waals surface area contributed by atoms with Gasteiger partial charge in [-0.1, -0.05) is 0 Å². The largest absolute Gasteiger partial charge is 0.370 e. The zero-order valence-electron chi connectivity index (χ0n) is 18.4. The number of anilines is 1. The van der Waals surface area contributed by atoms with Crippen LogP contribution in [-0.2, 0) is 4.74 Å². The van der Waals surface area contributed by atoms with Crippen LogP contribution in [0.3, 0.4) is 0 Å². The Labute approximate surface area is 184 Å². The summed E-state index contributed by atoms with van der Waals surface area (Å²) in [5, 5.41) is 17.2. The minimum atomic E-state index is 0.177. The molecule has 8 nitrogen and oxygen atoms in total. The van der Waals surface area contributed by atoms with Crippen molar-refractivity contribution >= 4 is 11.2 Å². The Balaban J connectivity index is 1.22. The van der Waals surface area contributed by atoms with Gasteiger partial charge in [-0.2, -0.15) is 10.4 Å². The molecule has 0 amide bonds. The van der Waals surface area contributed by atoms with Crippen LogP contribution in [0.1, 0.15) is 25.5 Å². The fraction of sp³-hybridized carbons (Fsp3) is 0.652. The van der Waals surface area contributed by atoms with Crippen LogP contribution in [-0.4, -0.2) is 96.6 Å². The van der Waals surface area contributed by atoms with Crippen molar-refractivity contribution in [2.45, 2.75) is 38.0 Å². The van der Waals surface area contributed by atoms with E-state index in [9.17, 15) is 5.26 Å². The van der Waals surface area contributed by atoms with Gasteiger partial charge in [0.25, 0.3) is 0 Å². The van der Waals surface area contributed by atoms with Crippen molar-refractivity contribution in [2.24, 2.45) is 0 Å². The van der Waals surface area contributed by atoms with Crippen LogP contribution in [0.5, 0.6) is 0 Å². The van der Waals surface area contributed by atoms with Gasteiger partial charge < -0.3 is 19.9 Å². The second-order valence-electron chi connectivity index (χ2n) is 9.14. The molecule has 0 saturated carbocycles. The van der Waals surface area contributed by atoms with Crippen LogP contribution in [0, 0.1) is 11.3 Å². The van der Waals surface area contributed by atoms with Gasteiger partial charge in [0.05, 0.1) is 29.6 Å². The Hall–Kier alpha value is -2.18. The molecule has 5 heterocycles. The maximum absolute atomic E-state index is 9.37. The number of hydrogen-bond acceptors (Lipinski definition) is 7. The lowest BCUT2D eigenvalue weighted by Gasteiger charge is -2.43. The average Bonchev–Trinajstić information content (AvgIpc) is 3.29. The number of nitrogens with one attached hydrogen (secondary N) is 1. The van der Waals surface area contributed by atoms with Gasteiger partial charge >= 0.3 is 0 Å². The molecule has 1 N–H and O–H groups in total. The van der Waals surface area contributed by atoms with Gasteiger partial charge in [0.15, 0.2) is 0 Å². The third kappa shape index (κ3) is 4.41. The van der Waals surface area contributed by atoms with E-state index in [2.05, 4.69) is 44.2 Å². The smallest absolute Gasteiger partial charge is 0.142 e. The molecule has 2 aromatic rings. The zero-order valence-corrected chi connectivity index (χ0v) is 18.4. The van der Waals surface area contributed by atoms with Crippen molar-refractivity contribution < 1.29 is 4.74 Å². The molecule has 2 aromatic heterocycles. The number of piperidine rings is 1. The number of hydrogen-bond donors (Lipinski definition) is 1. The van der Waals surface area contributed by atoms with E-state index in [1.807, 2.05) is 12.1 Å². The lowest BCUT2D eigenvalue weighted by Crippen LogP contribution is -2.54. The van der Waals surface area contributed by atoms with E-state index in [0.29, 0.717) is 5.69 Å². The first-order valence-corrected chi connectivity index (χ1v) is 11.7. The van der Waals surface area contributed by atoms with Crippen molar-refractivity contribution in [3.8, 4) is 6.07 Å². The summed E-state index contributed by atoms with van der Waals surface area (Å²) in [5.74, 6) is 0. The summed E-state index contributed by atoms with van der Waals surface area (Å²) < 4.78 is 8.09. The highest BCUT2D eigenvalue weighted by Gasteiger charge is 2.31. The molecule has 0 radical (unpaired) electrons. The van der Waals surface area contributed by atoms with E-state index in [-0.39, 0.29) is 12.2 Å². The Bertz CT molecular complexity index is 924. The monoisotopic (exact) mass is 423 g/mol. The molecule has 8 heteroatoms. The fourth-order valence-corrected chi connectivity index (χ4v) is 5.50. The number of ether oxygens (including phenoxy) is 1. The molecule has 0 aliphatic carbocycles. The van der Waals surface area contributed by atoms with Crippen molar-refractivity contribution in [1.82, 2.24) is 24.7 Å². The molecule has 5 rings (SSSR count). The van der Waals surface area contributed by atoms with E-state index in [4.69, 9.17) is 4.74 Å². The maximum Gasteiger partial charge on any atom is 0.142 e. The molecule has 0 bridgehead atoms. The van der Waals surface area contributed by atoms with Crippen LogP contribution in [0.25, 0.3) is 5.52 Å². The molecular formula is C23H33N7O. The minimum absolute atomic E-state index is 0.177. The molecule has 0 aromatic carbocycles. The molecule has 0 unspecified atom stereocenters. The molecule has 3 fully saturated rings. The van der Waals surface area contributed by atoms with Gasteiger partial charge in [0.2, 0.25) is 0 Å². The SMILES string of the molecule is C[C@@H]1CN(c2ccc(C#N)n3nccc23)C[C@H](CN2CCC(N3CCNCC3)CC2)O1. The number of nitriles is 1. The molecule has 2 atom stereocenters. The van der Waals surface area contributed by atoms with Crippen molar-refractivity contribution in [2.75, 3.05) is 63.8 Å². The summed E-state index contributed by atoms with van der Waals surface area (Å²) in [6, 6.07) is 8.89. The van der Waals surface area contributed by atoms with Gasteiger partial charge in [-0.25, -0.2) is 4.52 Å². The summed E-state index contributed by atoms with van der Waals surface area (Å²) in [7, 11) is 0. The molecule has 3 saturated heterocycles. The van der Waals surface area contributed by atoms with Crippen molar-refractivity contribution in [3.63, 3.8) is 0 Å². The molecular weight excluding hydrogens is 390 g/mol. The Kier molecular flexibility index (Phi) is 6.10. The van der Waals surface area contributed by atoms with Crippen LogP contribution in [0.2, 0.25) is 0 Å².